The molecule has 0 saturated carbocycles. The molecule has 0 aromatic heterocycles. The van der Waals surface area contributed by atoms with Crippen molar-refractivity contribution in [1.29, 1.82) is 0 Å². The second-order valence-corrected chi connectivity index (χ2v) is 8.01. The Hall–Kier alpha value is -0.760. The molecule has 0 radical (unpaired) electrons. The van der Waals surface area contributed by atoms with Crippen molar-refractivity contribution in [3.63, 3.8) is 0 Å². The number of halogens is 3. The summed E-state index contributed by atoms with van der Waals surface area (Å²) in [4.78, 5) is -0.174. The van der Waals surface area contributed by atoms with Gasteiger partial charge in [0.15, 0.2) is 11.6 Å². The molecule has 2 fully saturated rings. The van der Waals surface area contributed by atoms with Crippen LogP contribution in [0.2, 0.25) is 0 Å². The number of hydrogen-bond acceptors (Lipinski definition) is 3. The van der Waals surface area contributed by atoms with Gasteiger partial charge < -0.3 is 5.32 Å². The van der Waals surface area contributed by atoms with Crippen LogP contribution in [0.3, 0.4) is 0 Å². The van der Waals surface area contributed by atoms with Gasteiger partial charge in [-0.3, -0.25) is 0 Å². The third kappa shape index (κ3) is 3.84. The fourth-order valence-corrected chi connectivity index (χ4v) is 4.94. The van der Waals surface area contributed by atoms with Crippen molar-refractivity contribution >= 4 is 22.4 Å². The van der Waals surface area contributed by atoms with Gasteiger partial charge in [0.25, 0.3) is 0 Å². The molecule has 1 aromatic rings. The number of nitrogens with one attached hydrogen (secondary N) is 1. The molecule has 4 nitrogen and oxygen atoms in total. The van der Waals surface area contributed by atoms with Crippen LogP contribution in [0, 0.1) is 23.5 Å². The molecule has 23 heavy (non-hydrogen) atoms. The fourth-order valence-electron chi connectivity index (χ4n) is 3.45. The van der Waals surface area contributed by atoms with Gasteiger partial charge in [-0.1, -0.05) is 0 Å². The molecule has 2 heterocycles. The van der Waals surface area contributed by atoms with Crippen molar-refractivity contribution in [3.05, 3.63) is 29.8 Å². The van der Waals surface area contributed by atoms with E-state index in [-0.39, 0.29) is 17.3 Å². The lowest BCUT2D eigenvalue weighted by atomic mass is 9.84. The van der Waals surface area contributed by atoms with Crippen LogP contribution in [0.4, 0.5) is 8.78 Å². The van der Waals surface area contributed by atoms with Crippen LogP contribution in [0.25, 0.3) is 0 Å². The molecule has 1 unspecified atom stereocenters. The van der Waals surface area contributed by atoms with E-state index in [1.54, 1.807) is 0 Å². The average Bonchev–Trinajstić information content (AvgIpc) is 3.04. The summed E-state index contributed by atoms with van der Waals surface area (Å²) >= 11 is 0. The van der Waals surface area contributed by atoms with Gasteiger partial charge in [-0.25, -0.2) is 17.2 Å². The number of benzene rings is 1. The Morgan fingerprint density at radius 1 is 1.04 bits per heavy atom. The molecule has 1 atom stereocenters. The zero-order chi connectivity index (χ0) is 15.7. The molecular formula is C15H21ClF2N2O2S. The number of sulfonamides is 1. The highest BCUT2D eigenvalue weighted by atomic mass is 35.5. The molecule has 3 rings (SSSR count). The van der Waals surface area contributed by atoms with Gasteiger partial charge in [0, 0.05) is 13.1 Å². The van der Waals surface area contributed by atoms with Crippen molar-refractivity contribution < 1.29 is 17.2 Å². The maximum Gasteiger partial charge on any atom is 0.243 e. The Labute approximate surface area is 141 Å². The first kappa shape index (κ1) is 18.6. The molecule has 1 N–H and O–H groups in total. The maximum atomic E-state index is 13.3. The number of nitrogens with zero attached hydrogens (tertiary/aromatic N) is 1. The molecule has 0 aliphatic carbocycles. The van der Waals surface area contributed by atoms with Crippen molar-refractivity contribution in [2.75, 3.05) is 26.2 Å². The van der Waals surface area contributed by atoms with Gasteiger partial charge >= 0.3 is 0 Å². The van der Waals surface area contributed by atoms with Gasteiger partial charge in [-0.15, -0.1) is 12.4 Å². The average molecular weight is 367 g/mol. The Morgan fingerprint density at radius 3 is 2.30 bits per heavy atom. The van der Waals surface area contributed by atoms with Crippen molar-refractivity contribution in [3.8, 4) is 0 Å². The predicted octanol–water partition coefficient (Wildman–Crippen LogP) is 2.40. The summed E-state index contributed by atoms with van der Waals surface area (Å²) in [6.45, 7) is 2.95. The third-order valence-corrected chi connectivity index (χ3v) is 6.69. The van der Waals surface area contributed by atoms with Crippen LogP contribution < -0.4 is 5.32 Å². The lowest BCUT2D eigenvalue weighted by molar-refractivity contribution is 0.216. The fraction of sp³-hybridized carbons (Fsp3) is 0.600. The molecule has 2 aliphatic rings. The highest BCUT2D eigenvalue weighted by Gasteiger charge is 2.33. The topological polar surface area (TPSA) is 49.4 Å². The second-order valence-electron chi connectivity index (χ2n) is 6.07. The van der Waals surface area contributed by atoms with Crippen LogP contribution in [0.1, 0.15) is 19.3 Å². The van der Waals surface area contributed by atoms with E-state index in [9.17, 15) is 17.2 Å². The number of hydrogen-bond donors (Lipinski definition) is 1. The maximum absolute atomic E-state index is 13.3. The van der Waals surface area contributed by atoms with E-state index in [2.05, 4.69) is 5.32 Å². The van der Waals surface area contributed by atoms with E-state index in [0.29, 0.717) is 24.9 Å². The van der Waals surface area contributed by atoms with Crippen LogP contribution in [0.5, 0.6) is 0 Å². The third-order valence-electron chi connectivity index (χ3n) is 4.79. The Kier molecular flexibility index (Phi) is 5.99. The van der Waals surface area contributed by atoms with Crippen LogP contribution >= 0.6 is 12.4 Å². The molecule has 0 spiro atoms. The van der Waals surface area contributed by atoms with E-state index >= 15 is 0 Å². The van der Waals surface area contributed by atoms with Gasteiger partial charge in [0.1, 0.15) is 0 Å². The molecule has 8 heteroatoms. The first-order valence-corrected chi connectivity index (χ1v) is 9.08. The van der Waals surface area contributed by atoms with Crippen molar-refractivity contribution in [2.24, 2.45) is 11.8 Å². The quantitative estimate of drug-likeness (QED) is 0.893. The first-order chi connectivity index (χ1) is 10.5. The smallest absolute Gasteiger partial charge is 0.243 e. The molecule has 130 valence electrons. The van der Waals surface area contributed by atoms with E-state index < -0.39 is 21.7 Å². The zero-order valence-corrected chi connectivity index (χ0v) is 14.3. The summed E-state index contributed by atoms with van der Waals surface area (Å²) in [6.07, 6.45) is 2.81. The lowest BCUT2D eigenvalue weighted by Crippen LogP contribution is -2.40. The minimum atomic E-state index is -3.74. The van der Waals surface area contributed by atoms with Crippen molar-refractivity contribution in [1.82, 2.24) is 9.62 Å². The molecule has 2 saturated heterocycles. The lowest BCUT2D eigenvalue weighted by Gasteiger charge is -2.33. The van der Waals surface area contributed by atoms with Crippen LogP contribution in [0.15, 0.2) is 23.1 Å². The largest absolute Gasteiger partial charge is 0.316 e. The van der Waals surface area contributed by atoms with Gasteiger partial charge in [-0.05, 0) is 62.4 Å². The van der Waals surface area contributed by atoms with Crippen LogP contribution in [-0.2, 0) is 10.0 Å². The summed E-state index contributed by atoms with van der Waals surface area (Å²) in [5, 5.41) is 3.34. The molecule has 0 bridgehead atoms. The van der Waals surface area contributed by atoms with E-state index in [0.717, 1.165) is 50.6 Å². The molecular weight excluding hydrogens is 346 g/mol. The number of rotatable bonds is 3. The van der Waals surface area contributed by atoms with Gasteiger partial charge in [0.05, 0.1) is 4.90 Å². The van der Waals surface area contributed by atoms with Gasteiger partial charge in [-0.2, -0.15) is 4.31 Å². The minimum Gasteiger partial charge on any atom is -0.316 e. The standard InChI is InChI=1S/C15H20F2N2O2S.ClH/c16-14-2-1-13(9-15(14)17)22(20,21)19-7-4-11(5-8-19)12-3-6-18-10-12;/h1-2,9,11-12,18H,3-8,10H2;1H. The SMILES string of the molecule is Cl.O=S(=O)(c1ccc(F)c(F)c1)N1CCC(C2CCNC2)CC1. The number of piperidine rings is 1. The van der Waals surface area contributed by atoms with E-state index in [1.165, 1.54) is 4.31 Å². The molecule has 0 amide bonds. The first-order valence-electron chi connectivity index (χ1n) is 7.64. The Balaban J connectivity index is 0.00000192. The molecule has 2 aliphatic heterocycles. The minimum absolute atomic E-state index is 0. The summed E-state index contributed by atoms with van der Waals surface area (Å²) in [5.41, 5.74) is 0. The summed E-state index contributed by atoms with van der Waals surface area (Å²) in [6, 6.07) is 2.75. The Bertz CT molecular complexity index is 643. The van der Waals surface area contributed by atoms with Crippen LogP contribution in [-0.4, -0.2) is 38.9 Å². The predicted molar refractivity (Wildman–Crippen MR) is 86.1 cm³/mol. The van der Waals surface area contributed by atoms with Gasteiger partial charge in [0.2, 0.25) is 10.0 Å². The zero-order valence-electron chi connectivity index (χ0n) is 12.7. The van der Waals surface area contributed by atoms with Crippen molar-refractivity contribution in [2.45, 2.75) is 24.2 Å². The summed E-state index contributed by atoms with van der Waals surface area (Å²) in [5.74, 6) is -0.987. The summed E-state index contributed by atoms with van der Waals surface area (Å²) < 4.78 is 52.6. The highest BCUT2D eigenvalue weighted by molar-refractivity contribution is 7.89. The van der Waals surface area contributed by atoms with E-state index in [4.69, 9.17) is 0 Å². The molecule has 1 aromatic carbocycles. The van der Waals surface area contributed by atoms with E-state index in [1.807, 2.05) is 0 Å². The Morgan fingerprint density at radius 2 is 1.74 bits per heavy atom. The summed E-state index contributed by atoms with van der Waals surface area (Å²) in [7, 11) is -3.74. The monoisotopic (exact) mass is 366 g/mol. The normalized spacial score (nSPS) is 23.7. The highest BCUT2D eigenvalue weighted by Crippen LogP contribution is 2.31. The second kappa shape index (κ2) is 7.42.